The van der Waals surface area contributed by atoms with Gasteiger partial charge in [0, 0.05) is 18.6 Å². The van der Waals surface area contributed by atoms with Crippen LogP contribution in [0.4, 0.5) is 23.7 Å². The van der Waals surface area contributed by atoms with Gasteiger partial charge in [0.25, 0.3) is 0 Å². The molecule has 0 radical (unpaired) electrons. The van der Waals surface area contributed by atoms with Gasteiger partial charge < -0.3 is 10.6 Å². The number of amides is 2. The normalized spacial score (nSPS) is 17.0. The molecule has 0 fully saturated rings. The highest BCUT2D eigenvalue weighted by Gasteiger charge is 2.22. The average Bonchev–Trinajstić information content (AvgIpc) is 2.92. The Labute approximate surface area is 123 Å². The maximum atomic E-state index is 13.5. The maximum absolute atomic E-state index is 13.5. The Bertz CT molecular complexity index is 718. The van der Waals surface area contributed by atoms with Crippen molar-refractivity contribution in [3.63, 3.8) is 0 Å². The van der Waals surface area contributed by atoms with E-state index in [0.29, 0.717) is 31.5 Å². The quantitative estimate of drug-likeness (QED) is 0.831. The largest absolute Gasteiger partial charge is 0.333 e. The van der Waals surface area contributed by atoms with Gasteiger partial charge in [0.1, 0.15) is 18.0 Å². The Morgan fingerprint density at radius 3 is 2.82 bits per heavy atom. The van der Waals surface area contributed by atoms with Crippen molar-refractivity contribution in [2.45, 2.75) is 25.4 Å². The number of halogens is 3. The predicted octanol–water partition coefficient (Wildman–Crippen LogP) is 1.83. The van der Waals surface area contributed by atoms with E-state index in [2.05, 4.69) is 20.7 Å². The van der Waals surface area contributed by atoms with Gasteiger partial charge in [0.05, 0.1) is 18.3 Å². The zero-order valence-corrected chi connectivity index (χ0v) is 11.3. The van der Waals surface area contributed by atoms with E-state index in [0.717, 1.165) is 5.82 Å². The number of nitrogens with zero attached hydrogens (tertiary/aromatic N) is 3. The predicted molar refractivity (Wildman–Crippen MR) is 70.6 cm³/mol. The first kappa shape index (κ1) is 14.4. The SMILES string of the molecule is O=C(Nc1cc(F)c(F)cc1F)N[C@H]1CCc2ncnn2C1. The lowest BCUT2D eigenvalue weighted by molar-refractivity contribution is 0.243. The second kappa shape index (κ2) is 5.66. The van der Waals surface area contributed by atoms with Crippen LogP contribution in [-0.2, 0) is 13.0 Å². The molecule has 1 atom stereocenters. The number of rotatable bonds is 2. The third-order valence-corrected chi connectivity index (χ3v) is 3.40. The number of carbonyl (C=O) groups is 1. The molecule has 1 aliphatic heterocycles. The molecule has 3 rings (SSSR count). The molecule has 2 aromatic rings. The number of fused-ring (bicyclic) bond motifs is 1. The van der Waals surface area contributed by atoms with Crippen LogP contribution >= 0.6 is 0 Å². The smallest absolute Gasteiger partial charge is 0.319 e. The van der Waals surface area contributed by atoms with E-state index in [1.165, 1.54) is 6.33 Å². The molecular formula is C13H12F3N5O. The number of carbonyl (C=O) groups excluding carboxylic acids is 1. The molecule has 2 amide bonds. The van der Waals surface area contributed by atoms with Crippen molar-refractivity contribution in [1.82, 2.24) is 20.1 Å². The number of benzene rings is 1. The van der Waals surface area contributed by atoms with E-state index in [9.17, 15) is 18.0 Å². The molecule has 0 saturated heterocycles. The second-order valence-corrected chi connectivity index (χ2v) is 4.94. The summed E-state index contributed by atoms with van der Waals surface area (Å²) in [6, 6.07) is 0.0782. The van der Waals surface area contributed by atoms with E-state index in [-0.39, 0.29) is 6.04 Å². The lowest BCUT2D eigenvalue weighted by Crippen LogP contribution is -2.43. The molecule has 0 bridgehead atoms. The Morgan fingerprint density at radius 1 is 1.23 bits per heavy atom. The molecule has 0 spiro atoms. The van der Waals surface area contributed by atoms with Crippen LogP contribution in [0.2, 0.25) is 0 Å². The van der Waals surface area contributed by atoms with Crippen LogP contribution in [0.5, 0.6) is 0 Å². The average molecular weight is 311 g/mol. The molecule has 116 valence electrons. The van der Waals surface area contributed by atoms with Crippen LogP contribution in [-0.4, -0.2) is 26.8 Å². The lowest BCUT2D eigenvalue weighted by atomic mass is 10.1. The van der Waals surface area contributed by atoms with Crippen molar-refractivity contribution in [2.24, 2.45) is 0 Å². The molecule has 0 saturated carbocycles. The second-order valence-electron chi connectivity index (χ2n) is 4.94. The summed E-state index contributed by atoms with van der Waals surface area (Å²) in [6.45, 7) is 0.447. The van der Waals surface area contributed by atoms with E-state index >= 15 is 0 Å². The Hall–Kier alpha value is -2.58. The zero-order chi connectivity index (χ0) is 15.7. The molecule has 2 N–H and O–H groups in total. The first-order valence-electron chi connectivity index (χ1n) is 6.61. The van der Waals surface area contributed by atoms with Crippen LogP contribution in [0.15, 0.2) is 18.5 Å². The Balaban J connectivity index is 1.63. The molecular weight excluding hydrogens is 299 g/mol. The van der Waals surface area contributed by atoms with E-state index in [1.807, 2.05) is 0 Å². The van der Waals surface area contributed by atoms with Crippen molar-refractivity contribution < 1.29 is 18.0 Å². The fraction of sp³-hybridized carbons (Fsp3) is 0.308. The highest BCUT2D eigenvalue weighted by atomic mass is 19.2. The molecule has 6 nitrogen and oxygen atoms in total. The number of hydrogen-bond donors (Lipinski definition) is 2. The molecule has 1 aromatic carbocycles. The topological polar surface area (TPSA) is 71.8 Å². The summed E-state index contributed by atoms with van der Waals surface area (Å²) < 4.78 is 41.0. The summed E-state index contributed by atoms with van der Waals surface area (Å²) in [5.41, 5.74) is -0.423. The summed E-state index contributed by atoms with van der Waals surface area (Å²) in [6.07, 6.45) is 2.76. The minimum atomic E-state index is -1.31. The maximum Gasteiger partial charge on any atom is 0.319 e. The first-order chi connectivity index (χ1) is 10.5. The van der Waals surface area contributed by atoms with Gasteiger partial charge in [-0.1, -0.05) is 0 Å². The van der Waals surface area contributed by atoms with Gasteiger partial charge in [-0.3, -0.25) is 0 Å². The molecule has 0 unspecified atom stereocenters. The minimum absolute atomic E-state index is 0.206. The van der Waals surface area contributed by atoms with Gasteiger partial charge >= 0.3 is 6.03 Å². The van der Waals surface area contributed by atoms with Crippen molar-refractivity contribution in [1.29, 1.82) is 0 Å². The molecule has 9 heteroatoms. The van der Waals surface area contributed by atoms with Crippen LogP contribution < -0.4 is 10.6 Å². The number of aromatic nitrogens is 3. The van der Waals surface area contributed by atoms with E-state index < -0.39 is 29.2 Å². The number of urea groups is 1. The molecule has 22 heavy (non-hydrogen) atoms. The van der Waals surface area contributed by atoms with Gasteiger partial charge in [-0.25, -0.2) is 27.6 Å². The van der Waals surface area contributed by atoms with Crippen LogP contribution in [0.25, 0.3) is 0 Å². The standard InChI is InChI=1S/C13H12F3N5O/c14-8-3-10(16)11(4-9(8)15)20-13(22)19-7-1-2-12-17-6-18-21(12)5-7/h3-4,6-7H,1-2,5H2,(H2,19,20,22)/t7-/m0/s1. The van der Waals surface area contributed by atoms with Crippen LogP contribution in [0.3, 0.4) is 0 Å². The summed E-state index contributed by atoms with van der Waals surface area (Å²) in [4.78, 5) is 15.9. The molecule has 2 heterocycles. The third kappa shape index (κ3) is 2.87. The monoisotopic (exact) mass is 311 g/mol. The first-order valence-corrected chi connectivity index (χ1v) is 6.61. The highest BCUT2D eigenvalue weighted by molar-refractivity contribution is 5.89. The highest BCUT2D eigenvalue weighted by Crippen LogP contribution is 2.18. The number of aryl methyl sites for hydroxylation is 1. The van der Waals surface area contributed by atoms with Crippen molar-refractivity contribution in [3.8, 4) is 0 Å². The summed E-state index contributed by atoms with van der Waals surface area (Å²) in [5, 5.41) is 8.82. The lowest BCUT2D eigenvalue weighted by Gasteiger charge is -2.23. The number of hydrogen-bond acceptors (Lipinski definition) is 3. The fourth-order valence-corrected chi connectivity index (χ4v) is 2.32. The van der Waals surface area contributed by atoms with Gasteiger partial charge in [0.2, 0.25) is 0 Å². The van der Waals surface area contributed by atoms with E-state index in [4.69, 9.17) is 0 Å². The summed E-state index contributed by atoms with van der Waals surface area (Å²) in [7, 11) is 0. The van der Waals surface area contributed by atoms with Gasteiger partial charge in [0.15, 0.2) is 11.6 Å². The third-order valence-electron chi connectivity index (χ3n) is 3.40. The summed E-state index contributed by atoms with van der Waals surface area (Å²) >= 11 is 0. The summed E-state index contributed by atoms with van der Waals surface area (Å²) in [5.74, 6) is -2.75. The van der Waals surface area contributed by atoms with Crippen LogP contribution in [0.1, 0.15) is 12.2 Å². The van der Waals surface area contributed by atoms with Gasteiger partial charge in [-0.05, 0) is 6.42 Å². The molecule has 0 aliphatic carbocycles. The fourth-order valence-electron chi connectivity index (χ4n) is 2.32. The van der Waals surface area contributed by atoms with Crippen molar-refractivity contribution in [2.75, 3.05) is 5.32 Å². The minimum Gasteiger partial charge on any atom is -0.333 e. The van der Waals surface area contributed by atoms with E-state index in [1.54, 1.807) is 4.68 Å². The number of anilines is 1. The molecule has 1 aromatic heterocycles. The Kier molecular flexibility index (Phi) is 3.70. The number of nitrogens with one attached hydrogen (secondary N) is 2. The van der Waals surface area contributed by atoms with Crippen LogP contribution in [0, 0.1) is 17.5 Å². The van der Waals surface area contributed by atoms with Gasteiger partial charge in [-0.2, -0.15) is 5.10 Å². The Morgan fingerprint density at radius 2 is 2.00 bits per heavy atom. The van der Waals surface area contributed by atoms with Crippen molar-refractivity contribution in [3.05, 3.63) is 41.7 Å². The zero-order valence-electron chi connectivity index (χ0n) is 11.3. The van der Waals surface area contributed by atoms with Crippen molar-refractivity contribution >= 4 is 11.7 Å². The van der Waals surface area contributed by atoms with Gasteiger partial charge in [-0.15, -0.1) is 0 Å². The molecule has 1 aliphatic rings.